The Labute approximate surface area is 105 Å². The summed E-state index contributed by atoms with van der Waals surface area (Å²) in [4.78, 5) is 15.2. The maximum Gasteiger partial charge on any atom is 0.335 e. The number of carboxylic acid groups (broad SMARTS) is 1. The van der Waals surface area contributed by atoms with E-state index in [2.05, 4.69) is 9.55 Å². The van der Waals surface area contributed by atoms with Crippen molar-refractivity contribution in [3.05, 3.63) is 47.5 Å². The molecule has 0 unspecified atom stereocenters. The van der Waals surface area contributed by atoms with Crippen molar-refractivity contribution in [1.29, 1.82) is 0 Å². The molecule has 0 saturated heterocycles. The van der Waals surface area contributed by atoms with E-state index < -0.39 is 5.97 Å². The van der Waals surface area contributed by atoms with E-state index in [0.717, 1.165) is 18.5 Å². The molecule has 0 amide bonds. The van der Waals surface area contributed by atoms with Crippen LogP contribution in [0.4, 0.5) is 0 Å². The van der Waals surface area contributed by atoms with Crippen molar-refractivity contribution in [2.24, 2.45) is 0 Å². The minimum atomic E-state index is -0.894. The lowest BCUT2D eigenvalue weighted by Gasteiger charge is -2.14. The number of hydrogen-bond acceptors (Lipinski definition) is 2. The highest BCUT2D eigenvalue weighted by molar-refractivity contribution is 5.87. The SMILES string of the molecule is O=C(O)c1ccc(-n2cnc3c2CCCC3)cc1. The molecule has 4 nitrogen and oxygen atoms in total. The average Bonchev–Trinajstić information content (AvgIpc) is 2.82. The Morgan fingerprint density at radius 1 is 1.17 bits per heavy atom. The highest BCUT2D eigenvalue weighted by Gasteiger charge is 2.16. The second kappa shape index (κ2) is 4.29. The zero-order valence-electron chi connectivity index (χ0n) is 9.97. The summed E-state index contributed by atoms with van der Waals surface area (Å²) in [5.41, 5.74) is 3.75. The number of rotatable bonds is 2. The largest absolute Gasteiger partial charge is 0.478 e. The zero-order chi connectivity index (χ0) is 12.5. The molecule has 92 valence electrons. The van der Waals surface area contributed by atoms with E-state index >= 15 is 0 Å². The number of benzene rings is 1. The molecule has 1 aliphatic rings. The van der Waals surface area contributed by atoms with Gasteiger partial charge in [0.2, 0.25) is 0 Å². The summed E-state index contributed by atoms with van der Waals surface area (Å²) in [6.45, 7) is 0. The first kappa shape index (κ1) is 11.0. The molecule has 1 N–H and O–H groups in total. The summed E-state index contributed by atoms with van der Waals surface area (Å²) in [5.74, 6) is -0.894. The van der Waals surface area contributed by atoms with Gasteiger partial charge in [0.15, 0.2) is 0 Å². The Hall–Kier alpha value is -2.10. The van der Waals surface area contributed by atoms with E-state index in [4.69, 9.17) is 5.11 Å². The van der Waals surface area contributed by atoms with E-state index in [0.29, 0.717) is 5.56 Å². The van der Waals surface area contributed by atoms with Crippen molar-refractivity contribution in [1.82, 2.24) is 9.55 Å². The summed E-state index contributed by atoms with van der Waals surface area (Å²) < 4.78 is 2.07. The fraction of sp³-hybridized carbons (Fsp3) is 0.286. The molecular weight excluding hydrogens is 228 g/mol. The molecule has 1 aliphatic carbocycles. The number of imidazole rings is 1. The van der Waals surface area contributed by atoms with E-state index in [9.17, 15) is 4.79 Å². The van der Waals surface area contributed by atoms with Crippen LogP contribution < -0.4 is 0 Å². The lowest BCUT2D eigenvalue weighted by atomic mass is 10.0. The molecule has 18 heavy (non-hydrogen) atoms. The normalized spacial score (nSPS) is 14.2. The van der Waals surface area contributed by atoms with Gasteiger partial charge in [-0.3, -0.25) is 0 Å². The van der Waals surface area contributed by atoms with Crippen LogP contribution in [0, 0.1) is 0 Å². The van der Waals surface area contributed by atoms with Crippen LogP contribution in [-0.4, -0.2) is 20.6 Å². The summed E-state index contributed by atoms with van der Waals surface area (Å²) in [5, 5.41) is 8.88. The van der Waals surface area contributed by atoms with Crippen LogP contribution >= 0.6 is 0 Å². The first-order valence-electron chi connectivity index (χ1n) is 6.14. The number of carboxylic acids is 1. The minimum absolute atomic E-state index is 0.313. The smallest absolute Gasteiger partial charge is 0.335 e. The minimum Gasteiger partial charge on any atom is -0.478 e. The highest BCUT2D eigenvalue weighted by Crippen LogP contribution is 2.23. The second-order valence-corrected chi connectivity index (χ2v) is 4.57. The molecule has 0 fully saturated rings. The third-order valence-electron chi connectivity index (χ3n) is 3.42. The van der Waals surface area contributed by atoms with Gasteiger partial charge >= 0.3 is 5.97 Å². The van der Waals surface area contributed by atoms with Gasteiger partial charge in [-0.15, -0.1) is 0 Å². The Balaban J connectivity index is 1.99. The number of carbonyl (C=O) groups is 1. The number of aryl methyl sites for hydroxylation is 1. The van der Waals surface area contributed by atoms with Crippen LogP contribution in [0.3, 0.4) is 0 Å². The molecule has 1 aromatic heterocycles. The Bertz CT molecular complexity index is 584. The predicted molar refractivity (Wildman–Crippen MR) is 67.2 cm³/mol. The highest BCUT2D eigenvalue weighted by atomic mass is 16.4. The van der Waals surface area contributed by atoms with Crippen LogP contribution in [-0.2, 0) is 12.8 Å². The average molecular weight is 242 g/mol. The van der Waals surface area contributed by atoms with Gasteiger partial charge in [0, 0.05) is 11.4 Å². The van der Waals surface area contributed by atoms with Crippen molar-refractivity contribution in [3.8, 4) is 5.69 Å². The maximum atomic E-state index is 10.8. The molecule has 0 atom stereocenters. The van der Waals surface area contributed by atoms with Gasteiger partial charge in [-0.2, -0.15) is 0 Å². The number of aromatic carboxylic acids is 1. The molecule has 4 heteroatoms. The molecule has 0 saturated carbocycles. The van der Waals surface area contributed by atoms with Gasteiger partial charge in [-0.1, -0.05) is 0 Å². The molecule has 0 spiro atoms. The molecular formula is C14H14N2O2. The molecule has 0 radical (unpaired) electrons. The molecule has 1 aromatic carbocycles. The first-order chi connectivity index (χ1) is 8.75. The predicted octanol–water partition coefficient (Wildman–Crippen LogP) is 2.45. The second-order valence-electron chi connectivity index (χ2n) is 4.57. The van der Waals surface area contributed by atoms with Crippen molar-refractivity contribution in [2.45, 2.75) is 25.7 Å². The van der Waals surface area contributed by atoms with Crippen molar-refractivity contribution in [3.63, 3.8) is 0 Å². The van der Waals surface area contributed by atoms with Crippen LogP contribution in [0.2, 0.25) is 0 Å². The van der Waals surface area contributed by atoms with E-state index in [1.807, 2.05) is 18.5 Å². The van der Waals surface area contributed by atoms with Crippen LogP contribution in [0.5, 0.6) is 0 Å². The third kappa shape index (κ3) is 1.79. The van der Waals surface area contributed by atoms with Gasteiger partial charge in [0.25, 0.3) is 0 Å². The lowest BCUT2D eigenvalue weighted by molar-refractivity contribution is 0.0697. The van der Waals surface area contributed by atoms with Gasteiger partial charge in [-0.25, -0.2) is 9.78 Å². The molecule has 1 heterocycles. The van der Waals surface area contributed by atoms with E-state index in [-0.39, 0.29) is 0 Å². The van der Waals surface area contributed by atoms with Gasteiger partial charge < -0.3 is 9.67 Å². The first-order valence-corrected chi connectivity index (χ1v) is 6.14. The quantitative estimate of drug-likeness (QED) is 0.880. The fourth-order valence-corrected chi connectivity index (χ4v) is 2.46. The van der Waals surface area contributed by atoms with Crippen molar-refractivity contribution in [2.75, 3.05) is 0 Å². The summed E-state index contributed by atoms with van der Waals surface area (Å²) in [6, 6.07) is 6.93. The molecule has 2 aromatic rings. The summed E-state index contributed by atoms with van der Waals surface area (Å²) in [7, 11) is 0. The topological polar surface area (TPSA) is 55.1 Å². The van der Waals surface area contributed by atoms with E-state index in [1.54, 1.807) is 12.1 Å². The van der Waals surface area contributed by atoms with Gasteiger partial charge in [0.1, 0.15) is 0 Å². The number of fused-ring (bicyclic) bond motifs is 1. The van der Waals surface area contributed by atoms with Gasteiger partial charge in [-0.05, 0) is 49.9 Å². The van der Waals surface area contributed by atoms with Crippen molar-refractivity contribution < 1.29 is 9.90 Å². The monoisotopic (exact) mass is 242 g/mol. The summed E-state index contributed by atoms with van der Waals surface area (Å²) >= 11 is 0. The Kier molecular flexibility index (Phi) is 2.63. The molecule has 3 rings (SSSR count). The number of aromatic nitrogens is 2. The third-order valence-corrected chi connectivity index (χ3v) is 3.42. The van der Waals surface area contributed by atoms with Crippen LogP contribution in [0.25, 0.3) is 5.69 Å². The fourth-order valence-electron chi connectivity index (χ4n) is 2.46. The molecule has 0 aliphatic heterocycles. The zero-order valence-corrected chi connectivity index (χ0v) is 9.97. The Morgan fingerprint density at radius 3 is 2.61 bits per heavy atom. The number of hydrogen-bond donors (Lipinski definition) is 1. The van der Waals surface area contributed by atoms with Crippen LogP contribution in [0.1, 0.15) is 34.6 Å². The van der Waals surface area contributed by atoms with Crippen LogP contribution in [0.15, 0.2) is 30.6 Å². The van der Waals surface area contributed by atoms with Gasteiger partial charge in [0.05, 0.1) is 17.6 Å². The Morgan fingerprint density at radius 2 is 1.89 bits per heavy atom. The van der Waals surface area contributed by atoms with E-state index in [1.165, 1.54) is 24.2 Å². The molecule has 0 bridgehead atoms. The maximum absolute atomic E-state index is 10.8. The standard InChI is InChI=1S/C14H14N2O2/c17-14(18)10-5-7-11(8-6-10)16-9-15-12-3-1-2-4-13(12)16/h5-9H,1-4H2,(H,17,18). The summed E-state index contributed by atoms with van der Waals surface area (Å²) in [6.07, 6.45) is 6.35. The lowest BCUT2D eigenvalue weighted by Crippen LogP contribution is -2.07. The number of nitrogens with zero attached hydrogens (tertiary/aromatic N) is 2. The van der Waals surface area contributed by atoms with Crippen molar-refractivity contribution >= 4 is 5.97 Å².